The number of ether oxygens (including phenoxy) is 1. The summed E-state index contributed by atoms with van der Waals surface area (Å²) in [6.45, 7) is 5.28. The summed E-state index contributed by atoms with van der Waals surface area (Å²) in [6.07, 6.45) is -0.0654. The van der Waals surface area contributed by atoms with Crippen LogP contribution < -0.4 is 0 Å². The predicted octanol–water partition coefficient (Wildman–Crippen LogP) is 4.22. The second kappa shape index (κ2) is 5.37. The summed E-state index contributed by atoms with van der Waals surface area (Å²) in [5.74, 6) is -2.35. The molecule has 0 amide bonds. The number of hydrogen-bond acceptors (Lipinski definition) is 4. The Labute approximate surface area is 127 Å². The highest BCUT2D eigenvalue weighted by atomic mass is 79.9. The molecule has 0 unspecified atom stereocenters. The van der Waals surface area contributed by atoms with Gasteiger partial charge >= 0.3 is 5.97 Å². The Morgan fingerprint density at radius 3 is 2.70 bits per heavy atom. The van der Waals surface area contributed by atoms with Gasteiger partial charge in [0, 0.05) is 4.47 Å². The van der Waals surface area contributed by atoms with Crippen molar-refractivity contribution in [2.75, 3.05) is 0 Å². The van der Waals surface area contributed by atoms with Crippen molar-refractivity contribution in [1.82, 2.24) is 4.98 Å². The molecule has 0 radical (unpaired) electrons. The quantitative estimate of drug-likeness (QED) is 0.592. The Bertz CT molecular complexity index is 679. The number of rotatable bonds is 2. The molecule has 0 aliphatic carbocycles. The van der Waals surface area contributed by atoms with Crippen LogP contribution in [0.25, 0.3) is 10.2 Å². The molecule has 0 aliphatic heterocycles. The van der Waals surface area contributed by atoms with E-state index in [1.165, 1.54) is 0 Å². The van der Waals surface area contributed by atoms with Crippen LogP contribution in [0.4, 0.5) is 8.78 Å². The van der Waals surface area contributed by atoms with E-state index < -0.39 is 23.2 Å². The van der Waals surface area contributed by atoms with Crippen molar-refractivity contribution in [3.8, 4) is 0 Å². The minimum absolute atomic E-state index is 0.0654. The number of esters is 1. The van der Waals surface area contributed by atoms with Crippen LogP contribution in [0.1, 0.15) is 25.8 Å². The number of hydrogen-bond donors (Lipinski definition) is 0. The second-order valence-electron chi connectivity index (χ2n) is 5.20. The monoisotopic (exact) mass is 363 g/mol. The van der Waals surface area contributed by atoms with Gasteiger partial charge in [0.25, 0.3) is 0 Å². The summed E-state index contributed by atoms with van der Waals surface area (Å²) in [7, 11) is 0. The molecule has 3 nitrogen and oxygen atoms in total. The molecular formula is C13H12BrF2NO2S. The number of nitrogens with zero attached hydrogens (tertiary/aromatic N) is 1. The molecule has 0 fully saturated rings. The summed E-state index contributed by atoms with van der Waals surface area (Å²) in [6, 6.07) is 1.02. The summed E-state index contributed by atoms with van der Waals surface area (Å²) >= 11 is 4.08. The van der Waals surface area contributed by atoms with E-state index in [2.05, 4.69) is 20.9 Å². The lowest BCUT2D eigenvalue weighted by molar-refractivity contribution is -0.153. The topological polar surface area (TPSA) is 39.2 Å². The average Bonchev–Trinajstić information content (AvgIpc) is 2.67. The Balaban J connectivity index is 2.31. The van der Waals surface area contributed by atoms with Crippen LogP contribution in [-0.4, -0.2) is 16.6 Å². The fourth-order valence-corrected chi connectivity index (χ4v) is 3.22. The Hall–Kier alpha value is -1.08. The van der Waals surface area contributed by atoms with E-state index in [-0.39, 0.29) is 11.1 Å². The largest absolute Gasteiger partial charge is 0.460 e. The standard InChI is InChI=1S/C13H12BrF2NO2S/c1-13(2,3)19-9(18)5-8-17-11-6(14)4-7(15)10(16)12(11)20-8/h4H,5H2,1-3H3. The molecule has 2 aromatic rings. The van der Waals surface area contributed by atoms with Gasteiger partial charge < -0.3 is 4.74 Å². The third-order valence-corrected chi connectivity index (χ3v) is 3.93. The van der Waals surface area contributed by atoms with Gasteiger partial charge in [0.1, 0.15) is 10.6 Å². The first-order valence-corrected chi connectivity index (χ1v) is 7.43. The third kappa shape index (κ3) is 3.32. The van der Waals surface area contributed by atoms with Crippen LogP contribution in [-0.2, 0) is 16.0 Å². The normalized spacial score (nSPS) is 11.9. The van der Waals surface area contributed by atoms with Gasteiger partial charge in [-0.2, -0.15) is 0 Å². The Kier molecular flexibility index (Phi) is 4.11. The zero-order valence-corrected chi connectivity index (χ0v) is 13.5. The highest BCUT2D eigenvalue weighted by molar-refractivity contribution is 9.10. The molecule has 108 valence electrons. The maximum atomic E-state index is 13.7. The number of halogens is 3. The smallest absolute Gasteiger partial charge is 0.313 e. The van der Waals surface area contributed by atoms with E-state index in [0.29, 0.717) is 15.0 Å². The summed E-state index contributed by atoms with van der Waals surface area (Å²) < 4.78 is 32.6. The lowest BCUT2D eigenvalue weighted by Gasteiger charge is -2.18. The Morgan fingerprint density at radius 1 is 1.45 bits per heavy atom. The van der Waals surface area contributed by atoms with Crippen LogP contribution in [0.2, 0.25) is 0 Å². The summed E-state index contributed by atoms with van der Waals surface area (Å²) in [5.41, 5.74) is -0.279. The molecule has 0 spiro atoms. The van der Waals surface area contributed by atoms with Crippen molar-refractivity contribution in [3.05, 3.63) is 27.2 Å². The molecule has 7 heteroatoms. The van der Waals surface area contributed by atoms with Crippen molar-refractivity contribution in [2.45, 2.75) is 32.8 Å². The molecule has 0 saturated heterocycles. The second-order valence-corrected chi connectivity index (χ2v) is 7.14. The average molecular weight is 364 g/mol. The van der Waals surface area contributed by atoms with Gasteiger partial charge in [-0.1, -0.05) is 0 Å². The number of benzene rings is 1. The van der Waals surface area contributed by atoms with Gasteiger partial charge in [-0.25, -0.2) is 13.8 Å². The first-order chi connectivity index (χ1) is 9.17. The molecule has 0 atom stereocenters. The van der Waals surface area contributed by atoms with Gasteiger partial charge in [-0.05, 0) is 42.8 Å². The van der Waals surface area contributed by atoms with Crippen molar-refractivity contribution in [1.29, 1.82) is 0 Å². The zero-order valence-electron chi connectivity index (χ0n) is 11.1. The maximum Gasteiger partial charge on any atom is 0.313 e. The number of carbonyl (C=O) groups is 1. The minimum atomic E-state index is -0.948. The first kappa shape index (κ1) is 15.3. The minimum Gasteiger partial charge on any atom is -0.460 e. The molecule has 1 aromatic carbocycles. The van der Waals surface area contributed by atoms with Gasteiger partial charge in [0.15, 0.2) is 11.6 Å². The van der Waals surface area contributed by atoms with Crippen molar-refractivity contribution in [2.24, 2.45) is 0 Å². The maximum absolute atomic E-state index is 13.7. The van der Waals surface area contributed by atoms with Crippen LogP contribution in [0.15, 0.2) is 10.5 Å². The lowest BCUT2D eigenvalue weighted by atomic mass is 10.2. The van der Waals surface area contributed by atoms with Gasteiger partial charge in [-0.3, -0.25) is 4.79 Å². The summed E-state index contributed by atoms with van der Waals surface area (Å²) in [4.78, 5) is 15.9. The number of fused-ring (bicyclic) bond motifs is 1. The van der Waals surface area contributed by atoms with E-state index in [0.717, 1.165) is 17.4 Å². The molecular weight excluding hydrogens is 352 g/mol. The number of aromatic nitrogens is 1. The van der Waals surface area contributed by atoms with Crippen molar-refractivity contribution in [3.63, 3.8) is 0 Å². The van der Waals surface area contributed by atoms with E-state index in [1.807, 2.05) is 0 Å². The molecule has 0 N–H and O–H groups in total. The molecule has 20 heavy (non-hydrogen) atoms. The van der Waals surface area contributed by atoms with E-state index in [1.54, 1.807) is 20.8 Å². The van der Waals surface area contributed by atoms with Crippen molar-refractivity contribution >= 4 is 43.5 Å². The molecule has 0 bridgehead atoms. The predicted molar refractivity (Wildman–Crippen MR) is 76.8 cm³/mol. The zero-order chi connectivity index (χ0) is 15.1. The van der Waals surface area contributed by atoms with E-state index in [4.69, 9.17) is 4.74 Å². The fourth-order valence-electron chi connectivity index (χ4n) is 1.60. The van der Waals surface area contributed by atoms with E-state index >= 15 is 0 Å². The molecule has 1 heterocycles. The van der Waals surface area contributed by atoms with Crippen molar-refractivity contribution < 1.29 is 18.3 Å². The van der Waals surface area contributed by atoms with Gasteiger partial charge in [-0.15, -0.1) is 11.3 Å². The fraction of sp³-hybridized carbons (Fsp3) is 0.385. The Morgan fingerprint density at radius 2 is 2.10 bits per heavy atom. The van der Waals surface area contributed by atoms with Crippen LogP contribution in [0, 0.1) is 11.6 Å². The van der Waals surface area contributed by atoms with Gasteiger partial charge in [0.05, 0.1) is 16.6 Å². The first-order valence-electron chi connectivity index (χ1n) is 5.82. The molecule has 1 aromatic heterocycles. The molecule has 0 saturated carbocycles. The summed E-state index contributed by atoms with van der Waals surface area (Å²) in [5, 5.41) is 0.388. The highest BCUT2D eigenvalue weighted by Gasteiger charge is 2.20. The SMILES string of the molecule is CC(C)(C)OC(=O)Cc1nc2c(Br)cc(F)c(F)c2s1. The van der Waals surface area contributed by atoms with Crippen LogP contribution in [0.3, 0.4) is 0 Å². The van der Waals surface area contributed by atoms with Gasteiger partial charge in [0.2, 0.25) is 0 Å². The lowest BCUT2D eigenvalue weighted by Crippen LogP contribution is -2.24. The van der Waals surface area contributed by atoms with E-state index in [9.17, 15) is 13.6 Å². The van der Waals surface area contributed by atoms with Crippen LogP contribution in [0.5, 0.6) is 0 Å². The highest BCUT2D eigenvalue weighted by Crippen LogP contribution is 2.32. The third-order valence-electron chi connectivity index (χ3n) is 2.28. The van der Waals surface area contributed by atoms with Crippen LogP contribution >= 0.6 is 27.3 Å². The molecule has 0 aliphatic rings. The molecule has 2 rings (SSSR count). The number of thiazole rings is 1. The number of carbonyl (C=O) groups excluding carboxylic acids is 1.